The van der Waals surface area contributed by atoms with E-state index in [0.29, 0.717) is 16.8 Å². The highest BCUT2D eigenvalue weighted by atomic mass is 32.1. The van der Waals surface area contributed by atoms with Gasteiger partial charge < -0.3 is 15.4 Å². The Morgan fingerprint density at radius 2 is 1.78 bits per heavy atom. The lowest BCUT2D eigenvalue weighted by atomic mass is 10.2. The van der Waals surface area contributed by atoms with Crippen molar-refractivity contribution in [2.45, 2.75) is 13.8 Å². The summed E-state index contributed by atoms with van der Waals surface area (Å²) in [6.07, 6.45) is 0. The van der Waals surface area contributed by atoms with E-state index < -0.39 is 11.9 Å². The number of carbonyl (C=O) groups excluding carboxylic acids is 2. The highest BCUT2D eigenvalue weighted by Gasteiger charge is 2.16. The molecule has 0 spiro atoms. The van der Waals surface area contributed by atoms with Crippen molar-refractivity contribution >= 4 is 40.0 Å². The van der Waals surface area contributed by atoms with Crippen LogP contribution in [0.25, 0.3) is 0 Å². The minimum atomic E-state index is -0.529. The van der Waals surface area contributed by atoms with Crippen molar-refractivity contribution in [3.05, 3.63) is 58.4 Å². The third-order valence-corrected chi connectivity index (χ3v) is 4.28. The van der Waals surface area contributed by atoms with Crippen LogP contribution in [0.5, 0.6) is 0 Å². The Morgan fingerprint density at radius 1 is 1.07 bits per heavy atom. The maximum Gasteiger partial charge on any atom is 0.339 e. The zero-order valence-electron chi connectivity index (χ0n) is 14.9. The number of ether oxygens (including phenoxy) is 1. The topological polar surface area (TPSA) is 106 Å². The van der Waals surface area contributed by atoms with Crippen LogP contribution in [-0.4, -0.2) is 33.9 Å². The Labute approximate surface area is 159 Å². The van der Waals surface area contributed by atoms with Gasteiger partial charge in [-0.2, -0.15) is 0 Å². The van der Waals surface area contributed by atoms with Crippen molar-refractivity contribution in [3.8, 4) is 0 Å². The highest BCUT2D eigenvalue weighted by Crippen LogP contribution is 2.21. The first-order valence-electron chi connectivity index (χ1n) is 8.00. The Hall–Kier alpha value is -3.33. The van der Waals surface area contributed by atoms with Gasteiger partial charge in [-0.05, 0) is 32.0 Å². The van der Waals surface area contributed by atoms with Crippen LogP contribution in [0, 0.1) is 13.8 Å². The molecule has 0 aliphatic heterocycles. The number of benzene rings is 1. The number of methoxy groups -OCH3 is 1. The van der Waals surface area contributed by atoms with Crippen LogP contribution in [-0.2, 0) is 4.74 Å². The average Bonchev–Trinajstić information content (AvgIpc) is 3.09. The summed E-state index contributed by atoms with van der Waals surface area (Å²) >= 11 is 1.26. The molecule has 3 rings (SSSR count). The molecule has 8 nitrogen and oxygen atoms in total. The maximum absolute atomic E-state index is 12.5. The molecule has 3 aromatic rings. The van der Waals surface area contributed by atoms with Gasteiger partial charge in [-0.1, -0.05) is 12.1 Å². The normalized spacial score (nSPS) is 10.3. The Bertz CT molecular complexity index is 982. The van der Waals surface area contributed by atoms with Crippen LogP contribution < -0.4 is 10.6 Å². The summed E-state index contributed by atoms with van der Waals surface area (Å²) in [4.78, 5) is 37.1. The van der Waals surface area contributed by atoms with Crippen LogP contribution in [0.3, 0.4) is 0 Å². The van der Waals surface area contributed by atoms with Crippen molar-refractivity contribution in [2.24, 2.45) is 0 Å². The van der Waals surface area contributed by atoms with Crippen LogP contribution in [0.2, 0.25) is 0 Å². The van der Waals surface area contributed by atoms with Crippen molar-refractivity contribution in [1.82, 2.24) is 15.0 Å². The number of para-hydroxylation sites is 1. The van der Waals surface area contributed by atoms with E-state index in [0.717, 1.165) is 11.4 Å². The molecule has 0 saturated carbocycles. The summed E-state index contributed by atoms with van der Waals surface area (Å²) in [7, 11) is 1.29. The number of rotatable bonds is 5. The molecule has 0 radical (unpaired) electrons. The quantitative estimate of drug-likeness (QED) is 0.651. The molecule has 2 N–H and O–H groups in total. The molecule has 0 unspecified atom stereocenters. The molecule has 2 aromatic heterocycles. The predicted octanol–water partition coefficient (Wildman–Crippen LogP) is 3.33. The van der Waals surface area contributed by atoms with Gasteiger partial charge in [0, 0.05) is 16.8 Å². The molecule has 0 aliphatic rings. The lowest BCUT2D eigenvalue weighted by molar-refractivity contribution is 0.0602. The number of nitrogens with one attached hydrogen (secondary N) is 2. The molecule has 9 heteroatoms. The summed E-state index contributed by atoms with van der Waals surface area (Å²) in [5.74, 6) is -0.541. The molecule has 0 atom stereocenters. The molecule has 138 valence electrons. The number of thiazole rings is 1. The van der Waals surface area contributed by atoms with E-state index in [1.807, 2.05) is 19.9 Å². The van der Waals surface area contributed by atoms with E-state index in [1.54, 1.807) is 29.6 Å². The van der Waals surface area contributed by atoms with E-state index in [1.165, 1.54) is 18.4 Å². The lowest BCUT2D eigenvalue weighted by Crippen LogP contribution is -2.15. The van der Waals surface area contributed by atoms with E-state index in [-0.39, 0.29) is 11.3 Å². The maximum atomic E-state index is 12.5. The van der Waals surface area contributed by atoms with Crippen molar-refractivity contribution in [1.29, 1.82) is 0 Å². The van der Waals surface area contributed by atoms with Crippen LogP contribution >= 0.6 is 11.3 Å². The molecule has 27 heavy (non-hydrogen) atoms. The summed E-state index contributed by atoms with van der Waals surface area (Å²) < 4.78 is 4.73. The average molecular weight is 383 g/mol. The number of carbonyl (C=O) groups is 2. The summed E-state index contributed by atoms with van der Waals surface area (Å²) in [5.41, 5.74) is 2.50. The van der Waals surface area contributed by atoms with Gasteiger partial charge in [-0.3, -0.25) is 4.79 Å². The fourth-order valence-electron chi connectivity index (χ4n) is 2.38. The van der Waals surface area contributed by atoms with Gasteiger partial charge in [0.15, 0.2) is 5.13 Å². The zero-order chi connectivity index (χ0) is 19.4. The molecule has 0 fully saturated rings. The molecular formula is C18H17N5O3S. The molecule has 0 bridgehead atoms. The Balaban J connectivity index is 1.75. The second-order valence-corrected chi connectivity index (χ2v) is 6.49. The zero-order valence-corrected chi connectivity index (χ0v) is 15.8. The standard InChI is InChI=1S/C18H17N5O3S/c1-10-8-11(2)20-17(19-10)23-18-22-14(9-27-18)15(24)21-13-7-5-4-6-12(13)16(25)26-3/h4-9H,1-3H3,(H,21,24)(H,19,20,22,23). The Kier molecular flexibility index (Phi) is 5.41. The van der Waals surface area contributed by atoms with Gasteiger partial charge in [0.1, 0.15) is 5.69 Å². The van der Waals surface area contributed by atoms with Crippen LogP contribution in [0.4, 0.5) is 16.8 Å². The van der Waals surface area contributed by atoms with Gasteiger partial charge in [-0.25, -0.2) is 19.7 Å². The van der Waals surface area contributed by atoms with Crippen molar-refractivity contribution in [2.75, 3.05) is 17.7 Å². The SMILES string of the molecule is COC(=O)c1ccccc1NC(=O)c1csc(Nc2nc(C)cc(C)n2)n1. The van der Waals surface area contributed by atoms with Gasteiger partial charge in [0.2, 0.25) is 5.95 Å². The summed E-state index contributed by atoms with van der Waals surface area (Å²) in [5, 5.41) is 7.78. The van der Waals surface area contributed by atoms with E-state index >= 15 is 0 Å². The Morgan fingerprint density at radius 3 is 2.48 bits per heavy atom. The highest BCUT2D eigenvalue weighted by molar-refractivity contribution is 7.14. The van der Waals surface area contributed by atoms with Gasteiger partial charge >= 0.3 is 5.97 Å². The fraction of sp³-hybridized carbons (Fsp3) is 0.167. The second kappa shape index (κ2) is 7.92. The predicted molar refractivity (Wildman–Crippen MR) is 103 cm³/mol. The number of esters is 1. The largest absolute Gasteiger partial charge is 0.465 e. The molecule has 1 aromatic carbocycles. The molecule has 0 saturated heterocycles. The fourth-order valence-corrected chi connectivity index (χ4v) is 3.06. The second-order valence-electron chi connectivity index (χ2n) is 5.63. The number of aryl methyl sites for hydroxylation is 2. The smallest absolute Gasteiger partial charge is 0.339 e. The summed E-state index contributed by atoms with van der Waals surface area (Å²) in [6, 6.07) is 8.47. The third-order valence-electron chi connectivity index (χ3n) is 3.52. The molecule has 2 heterocycles. The van der Waals surface area contributed by atoms with Crippen LogP contribution in [0.1, 0.15) is 32.2 Å². The monoisotopic (exact) mass is 383 g/mol. The third kappa shape index (κ3) is 4.45. The first-order valence-corrected chi connectivity index (χ1v) is 8.88. The van der Waals surface area contributed by atoms with Gasteiger partial charge in [0.05, 0.1) is 18.4 Å². The number of hydrogen-bond acceptors (Lipinski definition) is 8. The first kappa shape index (κ1) is 18.5. The molecule has 1 amide bonds. The van der Waals surface area contributed by atoms with Crippen molar-refractivity contribution < 1.29 is 14.3 Å². The number of nitrogens with zero attached hydrogens (tertiary/aromatic N) is 3. The number of hydrogen-bond donors (Lipinski definition) is 2. The van der Waals surface area contributed by atoms with E-state index in [4.69, 9.17) is 4.74 Å². The first-order chi connectivity index (χ1) is 13.0. The minimum Gasteiger partial charge on any atom is -0.465 e. The van der Waals surface area contributed by atoms with E-state index in [2.05, 4.69) is 25.6 Å². The number of amides is 1. The summed E-state index contributed by atoms with van der Waals surface area (Å²) in [6.45, 7) is 3.75. The van der Waals surface area contributed by atoms with Gasteiger partial charge in [0.25, 0.3) is 5.91 Å². The molecule has 0 aliphatic carbocycles. The minimum absolute atomic E-state index is 0.214. The lowest BCUT2D eigenvalue weighted by Gasteiger charge is -2.08. The van der Waals surface area contributed by atoms with E-state index in [9.17, 15) is 9.59 Å². The molecular weight excluding hydrogens is 366 g/mol. The number of aromatic nitrogens is 3. The van der Waals surface area contributed by atoms with Gasteiger partial charge in [-0.15, -0.1) is 11.3 Å². The number of anilines is 3. The van der Waals surface area contributed by atoms with Crippen molar-refractivity contribution in [3.63, 3.8) is 0 Å². The van der Waals surface area contributed by atoms with Crippen LogP contribution in [0.15, 0.2) is 35.7 Å².